The number of nitrogens with zero attached hydrogens (tertiary/aromatic N) is 1. The minimum atomic E-state index is -0.489. The first-order valence-corrected chi connectivity index (χ1v) is 23.7. The van der Waals surface area contributed by atoms with Crippen LogP contribution >= 0.6 is 0 Å². The van der Waals surface area contributed by atoms with Crippen LogP contribution < -0.4 is 4.90 Å². The van der Waals surface area contributed by atoms with Gasteiger partial charge in [0.2, 0.25) is 0 Å². The van der Waals surface area contributed by atoms with E-state index in [4.69, 9.17) is 4.42 Å². The molecule has 13 rings (SSSR count). The fourth-order valence-electron chi connectivity index (χ4n) is 11.1. The smallest absolute Gasteiger partial charge is 0.136 e. The van der Waals surface area contributed by atoms with Gasteiger partial charge in [0, 0.05) is 27.8 Å². The molecule has 1 heterocycles. The van der Waals surface area contributed by atoms with Gasteiger partial charge in [-0.15, -0.1) is 0 Å². The maximum absolute atomic E-state index is 6.38. The number of furan rings is 1. The number of fused-ring (bicyclic) bond motifs is 6. The van der Waals surface area contributed by atoms with Crippen LogP contribution in [-0.4, -0.2) is 0 Å². The Morgan fingerprint density at radius 2 is 0.725 bits per heavy atom. The van der Waals surface area contributed by atoms with E-state index in [0.717, 1.165) is 66.8 Å². The van der Waals surface area contributed by atoms with Crippen molar-refractivity contribution in [3.63, 3.8) is 0 Å². The van der Waals surface area contributed by atoms with E-state index >= 15 is 0 Å². The number of anilines is 3. The third kappa shape index (κ3) is 6.72. The van der Waals surface area contributed by atoms with Crippen molar-refractivity contribution in [3.05, 3.63) is 295 Å². The molecular formula is C67H45NO. The minimum absolute atomic E-state index is 0.489. The van der Waals surface area contributed by atoms with Crippen LogP contribution in [0.1, 0.15) is 22.3 Å². The SMILES string of the molecule is c1ccc(-c2ccc(-c3cccc(N(c4cccc(-c5cccc6c5-c5ccccc5C6(c5ccccc5)c5ccccc5)c4)c4cccc(-c5cccc6oc7ccccc7c56)c4)c3)cc2)cc1. The van der Waals surface area contributed by atoms with Crippen molar-refractivity contribution < 1.29 is 4.42 Å². The summed E-state index contributed by atoms with van der Waals surface area (Å²) < 4.78 is 6.38. The number of hydrogen-bond donors (Lipinski definition) is 0. The summed E-state index contributed by atoms with van der Waals surface area (Å²) in [5.74, 6) is 0. The summed E-state index contributed by atoms with van der Waals surface area (Å²) in [6.07, 6.45) is 0. The van der Waals surface area contributed by atoms with Crippen LogP contribution in [0.15, 0.2) is 277 Å². The second-order valence-electron chi connectivity index (χ2n) is 18.0. The van der Waals surface area contributed by atoms with E-state index in [2.05, 4.69) is 272 Å². The van der Waals surface area contributed by atoms with Gasteiger partial charge < -0.3 is 9.32 Å². The molecular weight excluding hydrogens is 835 g/mol. The zero-order chi connectivity index (χ0) is 45.7. The fourth-order valence-corrected chi connectivity index (χ4v) is 11.1. The molecule has 1 aliphatic rings. The van der Waals surface area contributed by atoms with Crippen LogP contribution in [-0.2, 0) is 5.41 Å². The van der Waals surface area contributed by atoms with E-state index < -0.39 is 5.41 Å². The molecule has 0 fully saturated rings. The lowest BCUT2D eigenvalue weighted by molar-refractivity contribution is 0.669. The van der Waals surface area contributed by atoms with Crippen molar-refractivity contribution in [2.75, 3.05) is 4.90 Å². The molecule has 1 aliphatic carbocycles. The van der Waals surface area contributed by atoms with E-state index in [1.165, 1.54) is 50.1 Å². The quantitative estimate of drug-likeness (QED) is 0.144. The lowest BCUT2D eigenvalue weighted by Gasteiger charge is -2.34. The molecule has 0 saturated heterocycles. The molecule has 0 aliphatic heterocycles. The van der Waals surface area contributed by atoms with E-state index in [-0.39, 0.29) is 0 Å². The molecule has 0 bridgehead atoms. The molecule has 2 nitrogen and oxygen atoms in total. The van der Waals surface area contributed by atoms with Crippen LogP contribution in [0, 0.1) is 0 Å². The largest absolute Gasteiger partial charge is 0.456 e. The van der Waals surface area contributed by atoms with Gasteiger partial charge in [-0.2, -0.15) is 0 Å². The predicted octanol–water partition coefficient (Wildman–Crippen LogP) is 18.1. The summed E-state index contributed by atoms with van der Waals surface area (Å²) in [6.45, 7) is 0. The highest BCUT2D eigenvalue weighted by molar-refractivity contribution is 6.12. The number of para-hydroxylation sites is 1. The maximum atomic E-state index is 6.38. The maximum Gasteiger partial charge on any atom is 0.136 e. The topological polar surface area (TPSA) is 16.4 Å². The molecule has 0 N–H and O–H groups in total. The van der Waals surface area contributed by atoms with Gasteiger partial charge in [-0.25, -0.2) is 0 Å². The van der Waals surface area contributed by atoms with Crippen LogP contribution in [0.3, 0.4) is 0 Å². The molecule has 0 spiro atoms. The van der Waals surface area contributed by atoms with Crippen LogP contribution in [0.4, 0.5) is 17.1 Å². The normalized spacial score (nSPS) is 12.5. The summed E-state index contributed by atoms with van der Waals surface area (Å²) in [6, 6.07) is 99.3. The number of rotatable bonds is 9. The lowest BCUT2D eigenvalue weighted by atomic mass is 9.67. The van der Waals surface area contributed by atoms with E-state index in [1.54, 1.807) is 0 Å². The Bertz CT molecular complexity index is 3790. The van der Waals surface area contributed by atoms with Gasteiger partial charge in [0.1, 0.15) is 11.2 Å². The first-order chi connectivity index (χ1) is 34.2. The number of benzene rings is 11. The third-order valence-corrected chi connectivity index (χ3v) is 14.1. The highest BCUT2D eigenvalue weighted by Crippen LogP contribution is 2.58. The number of hydrogen-bond acceptors (Lipinski definition) is 2. The van der Waals surface area contributed by atoms with Crippen molar-refractivity contribution >= 4 is 39.0 Å². The second-order valence-corrected chi connectivity index (χ2v) is 18.0. The Hall–Kier alpha value is -8.98. The fraction of sp³-hybridized carbons (Fsp3) is 0.0149. The van der Waals surface area contributed by atoms with Crippen molar-refractivity contribution in [2.45, 2.75) is 5.41 Å². The molecule has 0 atom stereocenters. The average Bonchev–Trinajstić information content (AvgIpc) is 3.97. The van der Waals surface area contributed by atoms with Gasteiger partial charge in [-0.1, -0.05) is 224 Å². The molecule has 1 aromatic heterocycles. The molecule has 0 unspecified atom stereocenters. The molecule has 2 heteroatoms. The van der Waals surface area contributed by atoms with Gasteiger partial charge in [0.05, 0.1) is 5.41 Å². The van der Waals surface area contributed by atoms with Gasteiger partial charge in [-0.3, -0.25) is 0 Å². The Labute approximate surface area is 402 Å². The summed E-state index contributed by atoms with van der Waals surface area (Å²) in [4.78, 5) is 2.41. The Kier molecular flexibility index (Phi) is 9.77. The first kappa shape index (κ1) is 40.3. The summed E-state index contributed by atoms with van der Waals surface area (Å²) in [5.41, 5.74) is 21.4. The standard InChI is InChI=1S/C67H45NO/c1-4-19-46(20-5-1)47-39-41-48(42-40-47)49-21-14-28-54(43-49)68(56-30-16-23-51(45-56)58-34-18-38-64-66(58)60-32-11-13-37-63(60)69-64)55-29-15-22-50(44-55)57-33-17-36-62-65(57)59-31-10-12-35-61(59)67(62,52-24-6-2-7-25-52)53-26-8-3-9-27-53/h1-45H. The molecule has 0 amide bonds. The summed E-state index contributed by atoms with van der Waals surface area (Å²) >= 11 is 0. The highest BCUT2D eigenvalue weighted by Gasteiger charge is 2.46. The summed E-state index contributed by atoms with van der Waals surface area (Å²) in [7, 11) is 0. The van der Waals surface area contributed by atoms with Gasteiger partial charge >= 0.3 is 0 Å². The van der Waals surface area contributed by atoms with E-state index in [0.29, 0.717) is 0 Å². The summed E-state index contributed by atoms with van der Waals surface area (Å²) in [5, 5.41) is 2.24. The molecule has 324 valence electrons. The Balaban J connectivity index is 0.989. The minimum Gasteiger partial charge on any atom is -0.456 e. The van der Waals surface area contributed by atoms with Gasteiger partial charge in [0.25, 0.3) is 0 Å². The molecule has 0 saturated carbocycles. The van der Waals surface area contributed by atoms with Crippen LogP contribution in [0.5, 0.6) is 0 Å². The van der Waals surface area contributed by atoms with Crippen molar-refractivity contribution in [1.29, 1.82) is 0 Å². The molecule has 0 radical (unpaired) electrons. The molecule has 69 heavy (non-hydrogen) atoms. The zero-order valence-corrected chi connectivity index (χ0v) is 37.8. The monoisotopic (exact) mass is 879 g/mol. The zero-order valence-electron chi connectivity index (χ0n) is 37.8. The average molecular weight is 880 g/mol. The highest BCUT2D eigenvalue weighted by atomic mass is 16.3. The Morgan fingerprint density at radius 3 is 1.41 bits per heavy atom. The molecule has 11 aromatic carbocycles. The first-order valence-electron chi connectivity index (χ1n) is 23.7. The predicted molar refractivity (Wildman–Crippen MR) is 287 cm³/mol. The van der Waals surface area contributed by atoms with Gasteiger partial charge in [-0.05, 0) is 126 Å². The van der Waals surface area contributed by atoms with E-state index in [1.807, 2.05) is 6.07 Å². The molecule has 12 aromatic rings. The third-order valence-electron chi connectivity index (χ3n) is 14.1. The van der Waals surface area contributed by atoms with E-state index in [9.17, 15) is 0 Å². The van der Waals surface area contributed by atoms with Crippen molar-refractivity contribution in [1.82, 2.24) is 0 Å². The lowest BCUT2D eigenvalue weighted by Crippen LogP contribution is -2.28. The van der Waals surface area contributed by atoms with Crippen molar-refractivity contribution in [2.24, 2.45) is 0 Å². The second kappa shape index (κ2) is 16.7. The van der Waals surface area contributed by atoms with Gasteiger partial charge in [0.15, 0.2) is 0 Å². The Morgan fingerprint density at radius 1 is 0.290 bits per heavy atom. The van der Waals surface area contributed by atoms with Crippen molar-refractivity contribution in [3.8, 4) is 55.6 Å². The van der Waals surface area contributed by atoms with Crippen LogP contribution in [0.2, 0.25) is 0 Å². The van der Waals surface area contributed by atoms with Crippen LogP contribution in [0.25, 0.3) is 77.6 Å².